The Morgan fingerprint density at radius 2 is 1.94 bits per heavy atom. The highest BCUT2D eigenvalue weighted by Crippen LogP contribution is 2.38. The molecule has 0 radical (unpaired) electrons. The molecule has 0 saturated heterocycles. The summed E-state index contributed by atoms with van der Waals surface area (Å²) in [6.45, 7) is 7.94. The number of carboxylic acids is 1. The average molecular weight is 500 g/mol. The topological polar surface area (TPSA) is 116 Å². The van der Waals surface area contributed by atoms with Gasteiger partial charge in [-0.2, -0.15) is 0 Å². The van der Waals surface area contributed by atoms with Crippen LogP contribution >= 0.6 is 0 Å². The van der Waals surface area contributed by atoms with Gasteiger partial charge in [-0.15, -0.1) is 0 Å². The molecule has 3 aliphatic rings. The van der Waals surface area contributed by atoms with Crippen LogP contribution in [0.5, 0.6) is 0 Å². The summed E-state index contributed by atoms with van der Waals surface area (Å²) in [5, 5.41) is 25.2. The SMILES string of the molecule is C/C=C\C1=C(/C=C(\C)CC)C(C2C=CC=C(OC)C2OC)OCC(=N)N1C(=N)C1CC1.CCC(=O)O. The van der Waals surface area contributed by atoms with E-state index in [1.54, 1.807) is 26.0 Å². The molecule has 0 aromatic carbocycles. The van der Waals surface area contributed by atoms with E-state index >= 15 is 0 Å². The highest BCUT2D eigenvalue weighted by atomic mass is 16.5. The van der Waals surface area contributed by atoms with Crippen LogP contribution in [-0.4, -0.2) is 60.7 Å². The van der Waals surface area contributed by atoms with Crippen molar-refractivity contribution in [3.63, 3.8) is 0 Å². The van der Waals surface area contributed by atoms with E-state index < -0.39 is 5.97 Å². The number of allylic oxidation sites excluding steroid dienone is 5. The molecule has 2 aliphatic carbocycles. The Hall–Kier alpha value is -2.97. The zero-order valence-corrected chi connectivity index (χ0v) is 22.3. The van der Waals surface area contributed by atoms with Gasteiger partial charge in [-0.1, -0.05) is 43.7 Å². The minimum Gasteiger partial charge on any atom is -0.498 e. The molecule has 8 nitrogen and oxygen atoms in total. The highest BCUT2D eigenvalue weighted by molar-refractivity contribution is 6.03. The smallest absolute Gasteiger partial charge is 0.303 e. The van der Waals surface area contributed by atoms with Gasteiger partial charge >= 0.3 is 5.97 Å². The number of rotatable bonds is 8. The number of methoxy groups -OCH3 is 2. The third-order valence-electron chi connectivity index (χ3n) is 6.37. The molecule has 1 aliphatic heterocycles. The minimum atomic E-state index is -0.745. The molecule has 3 rings (SSSR count). The predicted octanol–water partition coefficient (Wildman–Crippen LogP) is 5.45. The second-order valence-corrected chi connectivity index (χ2v) is 9.00. The third-order valence-corrected chi connectivity index (χ3v) is 6.37. The van der Waals surface area contributed by atoms with Crippen LogP contribution in [0.4, 0.5) is 0 Å². The number of amidine groups is 2. The Balaban J connectivity index is 0.000000830. The van der Waals surface area contributed by atoms with Gasteiger partial charge in [0.15, 0.2) is 0 Å². The molecular weight excluding hydrogens is 458 g/mol. The second kappa shape index (κ2) is 13.9. The summed E-state index contributed by atoms with van der Waals surface area (Å²) in [5.74, 6) is 0.891. The van der Waals surface area contributed by atoms with Crippen LogP contribution in [0, 0.1) is 22.7 Å². The van der Waals surface area contributed by atoms with Crippen LogP contribution in [0.3, 0.4) is 0 Å². The molecule has 1 saturated carbocycles. The van der Waals surface area contributed by atoms with Crippen LogP contribution in [0.15, 0.2) is 59.1 Å². The summed E-state index contributed by atoms with van der Waals surface area (Å²) in [7, 11) is 3.33. The maximum Gasteiger partial charge on any atom is 0.303 e. The molecule has 0 aromatic heterocycles. The average Bonchev–Trinajstić information content (AvgIpc) is 3.73. The Morgan fingerprint density at radius 3 is 2.44 bits per heavy atom. The molecule has 3 unspecified atom stereocenters. The molecule has 3 N–H and O–H groups in total. The van der Waals surface area contributed by atoms with Crippen molar-refractivity contribution in [1.82, 2.24) is 4.90 Å². The van der Waals surface area contributed by atoms with Gasteiger partial charge < -0.3 is 19.3 Å². The van der Waals surface area contributed by atoms with Gasteiger partial charge in [0.2, 0.25) is 0 Å². The maximum atomic E-state index is 9.37. The van der Waals surface area contributed by atoms with E-state index in [4.69, 9.17) is 30.1 Å². The molecule has 1 fully saturated rings. The highest BCUT2D eigenvalue weighted by Gasteiger charge is 2.41. The quantitative estimate of drug-likeness (QED) is 0.302. The van der Waals surface area contributed by atoms with Gasteiger partial charge in [-0.3, -0.25) is 20.5 Å². The molecule has 0 amide bonds. The number of ether oxygens (including phenoxy) is 3. The lowest BCUT2D eigenvalue weighted by atomic mass is 9.84. The summed E-state index contributed by atoms with van der Waals surface area (Å²) in [6.07, 6.45) is 14.6. The summed E-state index contributed by atoms with van der Waals surface area (Å²) in [4.78, 5) is 11.2. The number of hydrogen-bond donors (Lipinski definition) is 3. The van der Waals surface area contributed by atoms with Crippen LogP contribution in [0.25, 0.3) is 0 Å². The van der Waals surface area contributed by atoms with Gasteiger partial charge in [-0.25, -0.2) is 0 Å². The van der Waals surface area contributed by atoms with Crippen LogP contribution in [0.1, 0.15) is 53.4 Å². The van der Waals surface area contributed by atoms with E-state index in [0.717, 1.165) is 36.3 Å². The number of carboxylic acid groups (broad SMARTS) is 1. The van der Waals surface area contributed by atoms with E-state index in [9.17, 15) is 4.79 Å². The second-order valence-electron chi connectivity index (χ2n) is 9.00. The normalized spacial score (nSPS) is 24.8. The van der Waals surface area contributed by atoms with Crippen molar-refractivity contribution < 1.29 is 24.1 Å². The van der Waals surface area contributed by atoms with Crippen molar-refractivity contribution in [2.24, 2.45) is 11.8 Å². The van der Waals surface area contributed by atoms with Gasteiger partial charge in [0.1, 0.15) is 30.1 Å². The van der Waals surface area contributed by atoms with Crippen LogP contribution < -0.4 is 0 Å². The monoisotopic (exact) mass is 499 g/mol. The minimum absolute atomic E-state index is 0.121. The van der Waals surface area contributed by atoms with Crippen molar-refractivity contribution in [1.29, 1.82) is 10.8 Å². The molecule has 3 atom stereocenters. The Morgan fingerprint density at radius 1 is 1.28 bits per heavy atom. The molecule has 36 heavy (non-hydrogen) atoms. The van der Waals surface area contributed by atoms with Crippen molar-refractivity contribution >= 4 is 17.6 Å². The molecule has 0 bridgehead atoms. The summed E-state index contributed by atoms with van der Waals surface area (Å²) in [6, 6.07) is 0. The summed E-state index contributed by atoms with van der Waals surface area (Å²) in [5.41, 5.74) is 3.03. The fraction of sp³-hybridized carbons (Fsp3) is 0.536. The Bertz CT molecular complexity index is 972. The molecule has 0 spiro atoms. The van der Waals surface area contributed by atoms with Gasteiger partial charge in [-0.05, 0) is 45.3 Å². The van der Waals surface area contributed by atoms with Crippen molar-refractivity contribution in [2.45, 2.75) is 65.6 Å². The molecule has 0 aromatic rings. The zero-order valence-electron chi connectivity index (χ0n) is 22.3. The fourth-order valence-electron chi connectivity index (χ4n) is 4.11. The summed E-state index contributed by atoms with van der Waals surface area (Å²) >= 11 is 0. The van der Waals surface area contributed by atoms with E-state index in [0.29, 0.717) is 11.7 Å². The number of hydrogen-bond acceptors (Lipinski definition) is 6. The first kappa shape index (κ1) is 29.3. The molecular formula is C28H41N3O5. The van der Waals surface area contributed by atoms with E-state index in [1.807, 2.05) is 31.2 Å². The van der Waals surface area contributed by atoms with Crippen molar-refractivity contribution in [3.8, 4) is 0 Å². The van der Waals surface area contributed by atoms with Crippen LogP contribution in [0.2, 0.25) is 0 Å². The first-order valence-corrected chi connectivity index (χ1v) is 12.5. The zero-order chi connectivity index (χ0) is 26.8. The van der Waals surface area contributed by atoms with Crippen LogP contribution in [-0.2, 0) is 19.0 Å². The van der Waals surface area contributed by atoms with Gasteiger partial charge in [0.25, 0.3) is 0 Å². The Kier molecular flexibility index (Phi) is 11.3. The fourth-order valence-corrected chi connectivity index (χ4v) is 4.11. The summed E-state index contributed by atoms with van der Waals surface area (Å²) < 4.78 is 17.8. The van der Waals surface area contributed by atoms with E-state index in [-0.39, 0.29) is 37.1 Å². The van der Waals surface area contributed by atoms with Gasteiger partial charge in [0.05, 0.1) is 18.9 Å². The number of nitrogens with zero attached hydrogens (tertiary/aromatic N) is 1. The number of carbonyl (C=O) groups is 1. The van der Waals surface area contributed by atoms with E-state index in [2.05, 4.69) is 26.0 Å². The maximum absolute atomic E-state index is 9.37. The van der Waals surface area contributed by atoms with Crippen molar-refractivity contribution in [2.75, 3.05) is 20.8 Å². The first-order valence-electron chi connectivity index (χ1n) is 12.5. The third kappa shape index (κ3) is 7.27. The molecule has 1 heterocycles. The van der Waals surface area contributed by atoms with Crippen molar-refractivity contribution in [3.05, 3.63) is 59.1 Å². The lowest BCUT2D eigenvalue weighted by Crippen LogP contribution is -2.38. The standard InChI is InChI=1S/C25H35N3O3.C3H6O2/c1-6-9-20-19(14-16(3)7-2)23(18-10-8-11-21(29-4)24(18)30-5)31-15-22(26)28(20)25(27)17-12-13-17;1-2-3(4)5/h6,8-11,14,17-18,23-24,26-27H,7,12-13,15H2,1-5H3;2H2,1H3,(H,4,5)/b9-6-,16-14+,26-22?,27-25?;. The van der Waals surface area contributed by atoms with Gasteiger partial charge in [0, 0.05) is 30.9 Å². The predicted molar refractivity (Wildman–Crippen MR) is 142 cm³/mol. The largest absolute Gasteiger partial charge is 0.498 e. The number of aliphatic carboxylic acids is 1. The van der Waals surface area contributed by atoms with E-state index in [1.165, 1.54) is 5.57 Å². The lowest BCUT2D eigenvalue weighted by molar-refractivity contribution is -0.136. The number of nitrogens with one attached hydrogen (secondary N) is 2. The first-order chi connectivity index (χ1) is 17.2. The lowest BCUT2D eigenvalue weighted by Gasteiger charge is -2.34. The Labute approximate surface area is 215 Å². The molecule has 8 heteroatoms. The molecule has 198 valence electrons.